The SMILES string of the molecule is CNCCCCCN(C(=N)/C=C(/C)C(N)=Nc1nc2ccccc2s1)c1nc(C(=O)O)c(CCCOc2ccc(C#CCN(C)C)cc2F)s1. The van der Waals surface area contributed by atoms with Crippen LogP contribution in [0, 0.1) is 23.1 Å². The van der Waals surface area contributed by atoms with Crippen LogP contribution in [0.25, 0.3) is 10.2 Å². The third kappa shape index (κ3) is 11.2. The van der Waals surface area contributed by atoms with Crippen molar-refractivity contribution >= 4 is 60.8 Å². The van der Waals surface area contributed by atoms with Crippen molar-refractivity contribution in [2.75, 3.05) is 52.3 Å². The number of carboxylic acids is 1. The summed E-state index contributed by atoms with van der Waals surface area (Å²) in [5.74, 6) is 4.70. The van der Waals surface area contributed by atoms with Gasteiger partial charge in [-0.2, -0.15) is 0 Å². The first kappa shape index (κ1) is 38.1. The standard InChI is InChI=1S/C36H43FN8O3S2/c1-24(33(39)43-35-41-27-13-6-7-14-29(27)49-35)22-31(38)45(20-9-5-8-18-40-2)36-42-32(34(46)47)30(50-36)15-11-21-48-28-17-16-25(23-26(28)37)12-10-19-44(3)4/h6-7,13-14,16-17,22-23,38,40H,5,8-9,11,15,18-21H2,1-4H3,(H,46,47)(H2,39,41,43)/b24-22-,38-31?. The van der Waals surface area contributed by atoms with E-state index in [2.05, 4.69) is 32.1 Å². The number of rotatable bonds is 17. The summed E-state index contributed by atoms with van der Waals surface area (Å²) in [5, 5.41) is 23.1. The number of hydrogen-bond donors (Lipinski definition) is 4. The summed E-state index contributed by atoms with van der Waals surface area (Å²) < 4.78 is 21.3. The molecule has 0 bridgehead atoms. The lowest BCUT2D eigenvalue weighted by molar-refractivity contribution is 0.0690. The number of aromatic nitrogens is 2. The summed E-state index contributed by atoms with van der Waals surface area (Å²) in [7, 11) is 5.72. The molecule has 4 aromatic rings. The molecule has 264 valence electrons. The van der Waals surface area contributed by atoms with E-state index in [0.29, 0.717) is 52.2 Å². The highest BCUT2D eigenvalue weighted by Crippen LogP contribution is 2.30. The number of fused-ring (bicyclic) bond motifs is 1. The van der Waals surface area contributed by atoms with E-state index >= 15 is 0 Å². The minimum absolute atomic E-state index is 0.0672. The van der Waals surface area contributed by atoms with Gasteiger partial charge in [-0.05, 0) is 102 Å². The van der Waals surface area contributed by atoms with Crippen LogP contribution in [0.2, 0.25) is 0 Å². The number of para-hydroxylation sites is 1. The van der Waals surface area contributed by atoms with Gasteiger partial charge < -0.3 is 25.8 Å². The first-order valence-corrected chi connectivity index (χ1v) is 17.9. The highest BCUT2D eigenvalue weighted by molar-refractivity contribution is 7.22. The van der Waals surface area contributed by atoms with Crippen molar-refractivity contribution in [1.82, 2.24) is 20.2 Å². The van der Waals surface area contributed by atoms with E-state index in [0.717, 1.165) is 36.0 Å². The Morgan fingerprint density at radius 3 is 2.68 bits per heavy atom. The number of halogens is 1. The number of hydrogen-bond acceptors (Lipinski definition) is 10. The number of benzene rings is 2. The molecule has 11 nitrogen and oxygen atoms in total. The molecule has 2 heterocycles. The number of nitrogens with one attached hydrogen (secondary N) is 2. The van der Waals surface area contributed by atoms with E-state index in [1.165, 1.54) is 28.7 Å². The Morgan fingerprint density at radius 1 is 1.16 bits per heavy atom. The third-order valence-corrected chi connectivity index (χ3v) is 9.41. The fourth-order valence-corrected chi connectivity index (χ4v) is 6.71. The van der Waals surface area contributed by atoms with Gasteiger partial charge in [0.15, 0.2) is 22.4 Å². The smallest absolute Gasteiger partial charge is 0.355 e. The number of ether oxygens (including phenoxy) is 1. The molecule has 14 heteroatoms. The van der Waals surface area contributed by atoms with E-state index in [-0.39, 0.29) is 29.7 Å². The van der Waals surface area contributed by atoms with Crippen LogP contribution >= 0.6 is 22.7 Å². The van der Waals surface area contributed by atoms with Crippen LogP contribution in [-0.4, -0.2) is 85.0 Å². The molecule has 0 saturated carbocycles. The molecule has 0 aliphatic heterocycles. The van der Waals surface area contributed by atoms with Crippen LogP contribution in [0.1, 0.15) is 53.5 Å². The largest absolute Gasteiger partial charge is 0.491 e. The summed E-state index contributed by atoms with van der Waals surface area (Å²) in [6.07, 6.45) is 5.05. The molecule has 50 heavy (non-hydrogen) atoms. The van der Waals surface area contributed by atoms with Gasteiger partial charge >= 0.3 is 5.97 Å². The number of nitrogens with zero attached hydrogens (tertiary/aromatic N) is 5. The number of aromatic carboxylic acids is 1. The van der Waals surface area contributed by atoms with Crippen molar-refractivity contribution < 1.29 is 19.0 Å². The number of anilines is 1. The van der Waals surface area contributed by atoms with E-state index in [1.807, 2.05) is 50.3 Å². The molecule has 2 aromatic carbocycles. The zero-order valence-corrected chi connectivity index (χ0v) is 30.4. The number of amidine groups is 2. The first-order chi connectivity index (χ1) is 24.0. The Hall–Kier alpha value is -4.68. The molecule has 0 aliphatic carbocycles. The molecular weight excluding hydrogens is 676 g/mol. The predicted octanol–water partition coefficient (Wildman–Crippen LogP) is 6.32. The highest BCUT2D eigenvalue weighted by atomic mass is 32.1. The minimum Gasteiger partial charge on any atom is -0.491 e. The molecule has 4 rings (SSSR count). The maximum atomic E-state index is 14.6. The van der Waals surface area contributed by atoms with E-state index < -0.39 is 11.8 Å². The maximum absolute atomic E-state index is 14.6. The van der Waals surface area contributed by atoms with Gasteiger partial charge in [0, 0.05) is 17.0 Å². The average Bonchev–Trinajstić information content (AvgIpc) is 3.69. The maximum Gasteiger partial charge on any atom is 0.355 e. The summed E-state index contributed by atoms with van der Waals surface area (Å²) in [6, 6.07) is 12.3. The van der Waals surface area contributed by atoms with Crippen LogP contribution in [0.5, 0.6) is 5.75 Å². The first-order valence-electron chi connectivity index (χ1n) is 16.2. The van der Waals surface area contributed by atoms with Crippen molar-refractivity contribution in [1.29, 1.82) is 5.41 Å². The predicted molar refractivity (Wildman–Crippen MR) is 202 cm³/mol. The van der Waals surface area contributed by atoms with Crippen LogP contribution in [0.3, 0.4) is 0 Å². The average molecular weight is 719 g/mol. The van der Waals surface area contributed by atoms with Crippen LogP contribution in [-0.2, 0) is 6.42 Å². The van der Waals surface area contributed by atoms with E-state index in [9.17, 15) is 14.3 Å². The topological polar surface area (TPSA) is 153 Å². The second kappa shape index (κ2) is 18.9. The second-order valence-electron chi connectivity index (χ2n) is 11.7. The van der Waals surface area contributed by atoms with Gasteiger partial charge in [-0.25, -0.2) is 24.1 Å². The van der Waals surface area contributed by atoms with Gasteiger partial charge in [0.05, 0.1) is 23.4 Å². The quantitative estimate of drug-likeness (QED) is 0.0425. The van der Waals surface area contributed by atoms with E-state index in [4.69, 9.17) is 15.9 Å². The van der Waals surface area contributed by atoms with Gasteiger partial charge in [0.25, 0.3) is 0 Å². The third-order valence-electron chi connectivity index (χ3n) is 7.34. The lowest BCUT2D eigenvalue weighted by Crippen LogP contribution is -2.31. The Balaban J connectivity index is 1.47. The van der Waals surface area contributed by atoms with Gasteiger partial charge in [0.1, 0.15) is 11.7 Å². The van der Waals surface area contributed by atoms with Crippen LogP contribution in [0.15, 0.2) is 59.1 Å². The zero-order chi connectivity index (χ0) is 36.0. The lowest BCUT2D eigenvalue weighted by Gasteiger charge is -2.21. The number of nitrogens with two attached hydrogens (primary N) is 1. The minimum atomic E-state index is -1.15. The summed E-state index contributed by atoms with van der Waals surface area (Å²) in [5.41, 5.74) is 8.23. The fraction of sp³-hybridized carbons (Fsp3) is 0.361. The molecule has 0 spiro atoms. The zero-order valence-electron chi connectivity index (χ0n) is 28.8. The molecule has 5 N–H and O–H groups in total. The second-order valence-corrected chi connectivity index (χ2v) is 13.8. The van der Waals surface area contributed by atoms with Crippen molar-refractivity contribution in [2.45, 2.75) is 39.0 Å². The molecule has 2 aromatic heterocycles. The highest BCUT2D eigenvalue weighted by Gasteiger charge is 2.23. The Kier molecular flexibility index (Phi) is 14.4. The number of carbonyl (C=O) groups is 1. The number of aryl methyl sites for hydroxylation is 1. The van der Waals surface area contributed by atoms with Crippen molar-refractivity contribution in [3.8, 4) is 17.6 Å². The van der Waals surface area contributed by atoms with Crippen LogP contribution in [0.4, 0.5) is 14.7 Å². The van der Waals surface area contributed by atoms with Gasteiger partial charge in [-0.3, -0.25) is 10.3 Å². The monoisotopic (exact) mass is 718 g/mol. The molecule has 0 radical (unpaired) electrons. The number of carboxylic acid groups (broad SMARTS) is 1. The summed E-state index contributed by atoms with van der Waals surface area (Å²) >= 11 is 2.66. The Labute approximate surface area is 300 Å². The molecule has 0 atom stereocenters. The fourth-order valence-electron chi connectivity index (χ4n) is 4.73. The number of unbranched alkanes of at least 4 members (excludes halogenated alkanes) is 2. The number of thiazole rings is 2. The summed E-state index contributed by atoms with van der Waals surface area (Å²) in [4.78, 5) is 29.9. The van der Waals surface area contributed by atoms with E-state index in [1.54, 1.807) is 30.0 Å². The van der Waals surface area contributed by atoms with Crippen molar-refractivity contribution in [3.63, 3.8) is 0 Å². The number of aliphatic imine (C=N–C) groups is 1. The summed E-state index contributed by atoms with van der Waals surface area (Å²) in [6.45, 7) is 3.86. The lowest BCUT2D eigenvalue weighted by atomic mass is 10.2. The molecule has 0 unspecified atom stereocenters. The Morgan fingerprint density at radius 2 is 1.96 bits per heavy atom. The van der Waals surface area contributed by atoms with Crippen molar-refractivity contribution in [2.24, 2.45) is 10.7 Å². The molecular formula is C36H43FN8O3S2. The Bertz CT molecular complexity index is 1870. The van der Waals surface area contributed by atoms with Crippen molar-refractivity contribution in [3.05, 3.63) is 76.1 Å². The molecule has 0 saturated heterocycles. The molecule has 0 aliphatic rings. The molecule has 0 amide bonds. The van der Waals surface area contributed by atoms with Crippen LogP contribution < -0.4 is 20.7 Å². The van der Waals surface area contributed by atoms with Gasteiger partial charge in [0.2, 0.25) is 5.13 Å². The van der Waals surface area contributed by atoms with Gasteiger partial charge in [-0.15, -0.1) is 11.3 Å². The van der Waals surface area contributed by atoms with Gasteiger partial charge in [-0.1, -0.05) is 41.7 Å². The normalized spacial score (nSPS) is 11.9. The molecule has 0 fully saturated rings.